The van der Waals surface area contributed by atoms with Gasteiger partial charge in [0.05, 0.1) is 39.6 Å². The first kappa shape index (κ1) is 18.1. The topological polar surface area (TPSA) is 105 Å². The highest BCUT2D eigenvalue weighted by molar-refractivity contribution is 8.80. The zero-order chi connectivity index (χ0) is 16.9. The standard InChI is InChI=1S/C12H12O8S2/c1-17-9(13)5-6(10(14)18-2)8(12(16)20-4)22-21-7(5)11(15)19-3/h1-4H3. The molecule has 120 valence electrons. The van der Waals surface area contributed by atoms with Crippen molar-refractivity contribution in [1.29, 1.82) is 0 Å². The lowest BCUT2D eigenvalue weighted by atomic mass is 10.0. The summed E-state index contributed by atoms with van der Waals surface area (Å²) < 4.78 is 18.3. The van der Waals surface area contributed by atoms with Crippen LogP contribution in [0, 0.1) is 0 Å². The van der Waals surface area contributed by atoms with Crippen LogP contribution in [0.5, 0.6) is 0 Å². The zero-order valence-corrected chi connectivity index (χ0v) is 13.7. The van der Waals surface area contributed by atoms with Gasteiger partial charge in [-0.1, -0.05) is 0 Å². The third-order valence-electron chi connectivity index (χ3n) is 2.43. The summed E-state index contributed by atoms with van der Waals surface area (Å²) in [7, 11) is 5.95. The van der Waals surface area contributed by atoms with Crippen molar-refractivity contribution in [3.05, 3.63) is 21.0 Å². The Kier molecular flexibility index (Phi) is 6.50. The van der Waals surface area contributed by atoms with Crippen molar-refractivity contribution in [2.45, 2.75) is 0 Å². The molecule has 0 unspecified atom stereocenters. The highest BCUT2D eigenvalue weighted by Gasteiger charge is 2.39. The van der Waals surface area contributed by atoms with Gasteiger partial charge in [0.15, 0.2) is 0 Å². The molecule has 0 atom stereocenters. The fraction of sp³-hybridized carbons (Fsp3) is 0.333. The Bertz CT molecular complexity index is 538. The van der Waals surface area contributed by atoms with Crippen molar-refractivity contribution in [3.63, 3.8) is 0 Å². The number of carbonyl (C=O) groups is 4. The molecule has 0 aliphatic carbocycles. The average Bonchev–Trinajstić information content (AvgIpc) is 2.57. The first-order valence-electron chi connectivity index (χ1n) is 5.59. The van der Waals surface area contributed by atoms with Crippen LogP contribution in [0.15, 0.2) is 21.0 Å². The van der Waals surface area contributed by atoms with Gasteiger partial charge in [0.1, 0.15) is 9.81 Å². The van der Waals surface area contributed by atoms with E-state index in [0.29, 0.717) is 0 Å². The van der Waals surface area contributed by atoms with Crippen LogP contribution in [0.2, 0.25) is 0 Å². The number of carbonyl (C=O) groups excluding carboxylic acids is 4. The van der Waals surface area contributed by atoms with E-state index in [1.807, 2.05) is 0 Å². The molecule has 0 N–H and O–H groups in total. The van der Waals surface area contributed by atoms with E-state index in [1.165, 1.54) is 0 Å². The molecule has 0 fully saturated rings. The summed E-state index contributed by atoms with van der Waals surface area (Å²) in [6, 6.07) is 0. The van der Waals surface area contributed by atoms with Crippen LogP contribution in [-0.2, 0) is 38.1 Å². The fourth-order valence-electron chi connectivity index (χ4n) is 1.44. The Balaban J connectivity index is 3.67. The normalized spacial score (nSPS) is 14.4. The molecule has 0 spiro atoms. The van der Waals surface area contributed by atoms with Crippen LogP contribution in [0.1, 0.15) is 0 Å². The number of rotatable bonds is 4. The van der Waals surface area contributed by atoms with E-state index in [9.17, 15) is 19.2 Å². The second-order valence-corrected chi connectivity index (χ2v) is 5.69. The number of hydrogen-bond donors (Lipinski definition) is 0. The number of esters is 4. The van der Waals surface area contributed by atoms with Gasteiger partial charge in [0.25, 0.3) is 0 Å². The molecule has 0 aromatic heterocycles. The summed E-state index contributed by atoms with van der Waals surface area (Å²) in [5.41, 5.74) is -0.796. The highest BCUT2D eigenvalue weighted by atomic mass is 33.1. The van der Waals surface area contributed by atoms with E-state index < -0.39 is 35.0 Å². The molecule has 1 aliphatic heterocycles. The number of methoxy groups -OCH3 is 4. The van der Waals surface area contributed by atoms with Gasteiger partial charge >= 0.3 is 23.9 Å². The SMILES string of the molecule is COC(=O)C1=C(C(=O)OC)C(C(=O)OC)=C(C(=O)OC)SS1. The Hall–Kier alpha value is -1.94. The second-order valence-electron chi connectivity index (χ2n) is 3.54. The summed E-state index contributed by atoms with van der Waals surface area (Å²) in [5, 5.41) is 0. The smallest absolute Gasteiger partial charge is 0.346 e. The summed E-state index contributed by atoms with van der Waals surface area (Å²) in [4.78, 5) is 47.2. The van der Waals surface area contributed by atoms with E-state index in [4.69, 9.17) is 0 Å². The Labute approximate surface area is 133 Å². The molecule has 0 saturated carbocycles. The quantitative estimate of drug-likeness (QED) is 0.407. The van der Waals surface area contributed by atoms with Gasteiger partial charge in [-0.2, -0.15) is 0 Å². The molecule has 0 saturated heterocycles. The van der Waals surface area contributed by atoms with Gasteiger partial charge < -0.3 is 18.9 Å². The minimum Gasteiger partial charge on any atom is -0.465 e. The molecule has 0 radical (unpaired) electrons. The molecule has 0 aromatic carbocycles. The summed E-state index contributed by atoms with van der Waals surface area (Å²) in [6.45, 7) is 0. The van der Waals surface area contributed by atoms with Crippen LogP contribution in [0.4, 0.5) is 0 Å². The molecule has 1 rings (SSSR count). The maximum atomic E-state index is 12.0. The first-order valence-corrected chi connectivity index (χ1v) is 7.74. The summed E-state index contributed by atoms with van der Waals surface area (Å²) >= 11 is 0. The average molecular weight is 348 g/mol. The van der Waals surface area contributed by atoms with Crippen molar-refractivity contribution in [1.82, 2.24) is 0 Å². The predicted molar refractivity (Wildman–Crippen MR) is 77.3 cm³/mol. The lowest BCUT2D eigenvalue weighted by molar-refractivity contribution is -0.141. The Morgan fingerprint density at radius 2 is 0.864 bits per heavy atom. The number of ether oxygens (including phenoxy) is 4. The molecule has 0 aromatic rings. The van der Waals surface area contributed by atoms with E-state index in [0.717, 1.165) is 50.0 Å². The Morgan fingerprint density at radius 1 is 0.591 bits per heavy atom. The van der Waals surface area contributed by atoms with Gasteiger partial charge in [-0.05, 0) is 21.6 Å². The van der Waals surface area contributed by atoms with Crippen LogP contribution >= 0.6 is 21.6 Å². The van der Waals surface area contributed by atoms with Crippen molar-refractivity contribution in [2.24, 2.45) is 0 Å². The van der Waals surface area contributed by atoms with Gasteiger partial charge in [-0.3, -0.25) is 0 Å². The van der Waals surface area contributed by atoms with Crippen molar-refractivity contribution in [2.75, 3.05) is 28.4 Å². The van der Waals surface area contributed by atoms with Gasteiger partial charge in [0.2, 0.25) is 0 Å². The molecule has 1 aliphatic rings. The van der Waals surface area contributed by atoms with Gasteiger partial charge in [0, 0.05) is 0 Å². The third-order valence-corrected chi connectivity index (χ3v) is 4.84. The van der Waals surface area contributed by atoms with E-state index in [2.05, 4.69) is 18.9 Å². The van der Waals surface area contributed by atoms with Crippen molar-refractivity contribution in [3.8, 4) is 0 Å². The number of hydrogen-bond acceptors (Lipinski definition) is 10. The molecule has 8 nitrogen and oxygen atoms in total. The van der Waals surface area contributed by atoms with Crippen molar-refractivity contribution < 1.29 is 38.1 Å². The lowest BCUT2D eigenvalue weighted by Crippen LogP contribution is -2.24. The molecular weight excluding hydrogens is 336 g/mol. The summed E-state index contributed by atoms with van der Waals surface area (Å²) in [6.07, 6.45) is 0. The Morgan fingerprint density at radius 3 is 1.09 bits per heavy atom. The molecule has 0 amide bonds. The van der Waals surface area contributed by atoms with Crippen LogP contribution in [0.3, 0.4) is 0 Å². The predicted octanol–water partition coefficient (Wildman–Crippen LogP) is 0.582. The first-order chi connectivity index (χ1) is 10.4. The minimum absolute atomic E-state index is 0.174. The molecule has 10 heteroatoms. The van der Waals surface area contributed by atoms with E-state index in [1.54, 1.807) is 0 Å². The van der Waals surface area contributed by atoms with Crippen LogP contribution in [0.25, 0.3) is 0 Å². The maximum absolute atomic E-state index is 12.0. The second kappa shape index (κ2) is 7.90. The lowest BCUT2D eigenvalue weighted by Gasteiger charge is -2.20. The fourth-order valence-corrected chi connectivity index (χ4v) is 3.86. The van der Waals surface area contributed by atoms with E-state index >= 15 is 0 Å². The summed E-state index contributed by atoms with van der Waals surface area (Å²) in [5.74, 6) is -3.64. The van der Waals surface area contributed by atoms with E-state index in [-0.39, 0.29) is 9.81 Å². The molecule has 0 bridgehead atoms. The minimum atomic E-state index is -0.977. The third kappa shape index (κ3) is 3.45. The van der Waals surface area contributed by atoms with Gasteiger partial charge in [-0.25, -0.2) is 19.2 Å². The zero-order valence-electron chi connectivity index (χ0n) is 12.1. The molecular formula is C12H12O8S2. The highest BCUT2D eigenvalue weighted by Crippen LogP contribution is 2.47. The largest absolute Gasteiger partial charge is 0.465 e. The molecule has 22 heavy (non-hydrogen) atoms. The van der Waals surface area contributed by atoms with Crippen LogP contribution < -0.4 is 0 Å². The monoisotopic (exact) mass is 348 g/mol. The van der Waals surface area contributed by atoms with Gasteiger partial charge in [-0.15, -0.1) is 0 Å². The van der Waals surface area contributed by atoms with Crippen LogP contribution in [-0.4, -0.2) is 52.3 Å². The molecule has 1 heterocycles. The van der Waals surface area contributed by atoms with Crippen molar-refractivity contribution >= 4 is 45.5 Å². The maximum Gasteiger partial charge on any atom is 0.346 e.